The Balaban J connectivity index is 2.03. The molecule has 0 saturated heterocycles. The van der Waals surface area contributed by atoms with Crippen LogP contribution in [0.15, 0.2) is 36.4 Å². The molecule has 6 heteroatoms. The standard InChI is InChI=1S/C15H11Cl2FN2O/c16-11-2-1-3-12(17)10(11)7-20-13-5-4-8(18)6-9(13)14(19)15(20)21/h1-6,14H,7,19H2. The van der Waals surface area contributed by atoms with Gasteiger partial charge in [0.1, 0.15) is 11.9 Å². The lowest BCUT2D eigenvalue weighted by Gasteiger charge is -2.19. The fraction of sp³-hybridized carbons (Fsp3) is 0.133. The molecule has 2 aromatic rings. The summed E-state index contributed by atoms with van der Waals surface area (Å²) in [5, 5.41) is 0.943. The van der Waals surface area contributed by atoms with Gasteiger partial charge in [0.2, 0.25) is 5.91 Å². The van der Waals surface area contributed by atoms with Crippen molar-refractivity contribution >= 4 is 34.8 Å². The van der Waals surface area contributed by atoms with E-state index in [1.165, 1.54) is 17.0 Å². The van der Waals surface area contributed by atoms with Crippen molar-refractivity contribution in [1.82, 2.24) is 0 Å². The molecular formula is C15H11Cl2FN2O. The van der Waals surface area contributed by atoms with Crippen molar-refractivity contribution < 1.29 is 9.18 Å². The molecule has 1 unspecified atom stereocenters. The number of carbonyl (C=O) groups excluding carboxylic acids is 1. The third kappa shape index (κ3) is 2.39. The van der Waals surface area contributed by atoms with Gasteiger partial charge in [-0.3, -0.25) is 4.79 Å². The Morgan fingerprint density at radius 2 is 1.86 bits per heavy atom. The average molecular weight is 325 g/mol. The van der Waals surface area contributed by atoms with Crippen LogP contribution in [0.4, 0.5) is 10.1 Å². The van der Waals surface area contributed by atoms with Gasteiger partial charge in [-0.1, -0.05) is 29.3 Å². The molecule has 21 heavy (non-hydrogen) atoms. The van der Waals surface area contributed by atoms with Gasteiger partial charge in [0.15, 0.2) is 0 Å². The highest BCUT2D eigenvalue weighted by Gasteiger charge is 2.35. The van der Waals surface area contributed by atoms with Gasteiger partial charge in [-0.15, -0.1) is 0 Å². The number of benzene rings is 2. The molecule has 0 aliphatic carbocycles. The normalized spacial score (nSPS) is 17.2. The van der Waals surface area contributed by atoms with Crippen LogP contribution in [0.1, 0.15) is 17.2 Å². The summed E-state index contributed by atoms with van der Waals surface area (Å²) in [6, 6.07) is 8.40. The van der Waals surface area contributed by atoms with E-state index in [0.29, 0.717) is 26.9 Å². The molecular weight excluding hydrogens is 314 g/mol. The fourth-order valence-electron chi connectivity index (χ4n) is 2.44. The first-order valence-electron chi connectivity index (χ1n) is 6.28. The highest BCUT2D eigenvalue weighted by atomic mass is 35.5. The molecule has 0 spiro atoms. The number of hydrogen-bond donors (Lipinski definition) is 1. The Morgan fingerprint density at radius 1 is 1.19 bits per heavy atom. The molecule has 1 aliphatic rings. The van der Waals surface area contributed by atoms with E-state index in [-0.39, 0.29) is 12.5 Å². The van der Waals surface area contributed by atoms with E-state index in [2.05, 4.69) is 0 Å². The van der Waals surface area contributed by atoms with Gasteiger partial charge >= 0.3 is 0 Å². The molecule has 108 valence electrons. The van der Waals surface area contributed by atoms with Crippen molar-refractivity contribution in [1.29, 1.82) is 0 Å². The van der Waals surface area contributed by atoms with Gasteiger partial charge in [0.25, 0.3) is 0 Å². The zero-order chi connectivity index (χ0) is 15.1. The number of amides is 1. The van der Waals surface area contributed by atoms with Gasteiger partial charge in [0, 0.05) is 26.9 Å². The second-order valence-corrected chi connectivity index (χ2v) is 5.62. The predicted molar refractivity (Wildman–Crippen MR) is 81.0 cm³/mol. The van der Waals surface area contributed by atoms with Gasteiger partial charge < -0.3 is 10.6 Å². The molecule has 3 rings (SSSR count). The zero-order valence-electron chi connectivity index (χ0n) is 10.8. The van der Waals surface area contributed by atoms with E-state index in [0.717, 1.165) is 0 Å². The molecule has 1 heterocycles. The maximum atomic E-state index is 13.3. The van der Waals surface area contributed by atoms with Crippen LogP contribution in [-0.4, -0.2) is 5.91 Å². The Hall–Kier alpha value is -1.62. The number of hydrogen-bond acceptors (Lipinski definition) is 2. The van der Waals surface area contributed by atoms with Crippen LogP contribution >= 0.6 is 23.2 Å². The molecule has 1 atom stereocenters. The SMILES string of the molecule is NC1C(=O)N(Cc2c(Cl)cccc2Cl)c2ccc(F)cc21. The van der Waals surface area contributed by atoms with Crippen molar-refractivity contribution in [3.05, 3.63) is 63.4 Å². The monoisotopic (exact) mass is 324 g/mol. The van der Waals surface area contributed by atoms with Gasteiger partial charge in [-0.25, -0.2) is 4.39 Å². The molecule has 0 radical (unpaired) electrons. The highest BCUT2D eigenvalue weighted by molar-refractivity contribution is 6.36. The van der Waals surface area contributed by atoms with Crippen LogP contribution in [-0.2, 0) is 11.3 Å². The first kappa shape index (κ1) is 14.3. The van der Waals surface area contributed by atoms with Crippen LogP contribution in [0, 0.1) is 5.82 Å². The van der Waals surface area contributed by atoms with Crippen LogP contribution in [0.5, 0.6) is 0 Å². The molecule has 0 fully saturated rings. The minimum absolute atomic E-state index is 0.198. The topological polar surface area (TPSA) is 46.3 Å². The smallest absolute Gasteiger partial charge is 0.248 e. The first-order valence-corrected chi connectivity index (χ1v) is 7.04. The van der Waals surface area contributed by atoms with Crippen molar-refractivity contribution in [3.63, 3.8) is 0 Å². The number of nitrogens with zero attached hydrogens (tertiary/aromatic N) is 1. The van der Waals surface area contributed by atoms with Gasteiger partial charge in [-0.2, -0.15) is 0 Å². The largest absolute Gasteiger partial charge is 0.316 e. The molecule has 0 bridgehead atoms. The number of nitrogens with two attached hydrogens (primary N) is 1. The second-order valence-electron chi connectivity index (χ2n) is 4.81. The number of fused-ring (bicyclic) bond motifs is 1. The number of anilines is 1. The summed E-state index contributed by atoms with van der Waals surface area (Å²) in [5.74, 6) is -0.721. The van der Waals surface area contributed by atoms with Crippen molar-refractivity contribution in [2.45, 2.75) is 12.6 Å². The van der Waals surface area contributed by atoms with Crippen molar-refractivity contribution in [2.24, 2.45) is 5.73 Å². The van der Waals surface area contributed by atoms with E-state index in [1.807, 2.05) is 0 Å². The molecule has 3 nitrogen and oxygen atoms in total. The van der Waals surface area contributed by atoms with Crippen LogP contribution in [0.25, 0.3) is 0 Å². The lowest BCUT2D eigenvalue weighted by atomic mass is 10.1. The minimum atomic E-state index is -0.864. The summed E-state index contributed by atoms with van der Waals surface area (Å²) in [7, 11) is 0. The van der Waals surface area contributed by atoms with E-state index >= 15 is 0 Å². The molecule has 0 aromatic heterocycles. The highest BCUT2D eigenvalue weighted by Crippen LogP contribution is 2.37. The van der Waals surface area contributed by atoms with E-state index in [4.69, 9.17) is 28.9 Å². The molecule has 1 aliphatic heterocycles. The maximum absolute atomic E-state index is 13.3. The number of carbonyl (C=O) groups is 1. The Kier molecular flexibility index (Phi) is 3.61. The third-order valence-corrected chi connectivity index (χ3v) is 4.23. The quantitative estimate of drug-likeness (QED) is 0.915. The van der Waals surface area contributed by atoms with E-state index in [9.17, 15) is 9.18 Å². The summed E-state index contributed by atoms with van der Waals surface area (Å²) in [6.07, 6.45) is 0. The summed E-state index contributed by atoms with van der Waals surface area (Å²) in [5.41, 5.74) is 7.56. The lowest BCUT2D eigenvalue weighted by molar-refractivity contribution is -0.119. The van der Waals surface area contributed by atoms with Crippen LogP contribution in [0.2, 0.25) is 10.0 Å². The van der Waals surface area contributed by atoms with E-state index in [1.54, 1.807) is 24.3 Å². The number of rotatable bonds is 2. The summed E-state index contributed by atoms with van der Waals surface area (Å²) < 4.78 is 13.3. The average Bonchev–Trinajstić information content (AvgIpc) is 2.67. The Bertz CT molecular complexity index is 715. The van der Waals surface area contributed by atoms with E-state index < -0.39 is 11.9 Å². The van der Waals surface area contributed by atoms with Crippen molar-refractivity contribution in [3.8, 4) is 0 Å². The number of halogens is 3. The molecule has 2 aromatic carbocycles. The van der Waals surface area contributed by atoms with Crippen LogP contribution < -0.4 is 10.6 Å². The Morgan fingerprint density at radius 3 is 2.52 bits per heavy atom. The minimum Gasteiger partial charge on any atom is -0.316 e. The van der Waals surface area contributed by atoms with Gasteiger partial charge in [-0.05, 0) is 30.3 Å². The molecule has 1 amide bonds. The third-order valence-electron chi connectivity index (χ3n) is 3.53. The predicted octanol–water partition coefficient (Wildman–Crippen LogP) is 3.68. The zero-order valence-corrected chi connectivity index (χ0v) is 12.3. The maximum Gasteiger partial charge on any atom is 0.248 e. The second kappa shape index (κ2) is 5.30. The first-order chi connectivity index (χ1) is 9.99. The van der Waals surface area contributed by atoms with Crippen molar-refractivity contribution in [2.75, 3.05) is 4.90 Å². The Labute approximate surface area is 131 Å². The fourth-order valence-corrected chi connectivity index (χ4v) is 2.96. The molecule has 2 N–H and O–H groups in total. The lowest BCUT2D eigenvalue weighted by Crippen LogP contribution is -2.31. The van der Waals surface area contributed by atoms with Gasteiger partial charge in [0.05, 0.1) is 6.54 Å². The summed E-state index contributed by atoms with van der Waals surface area (Å²) in [4.78, 5) is 13.8. The summed E-state index contributed by atoms with van der Waals surface area (Å²) >= 11 is 12.3. The molecule has 0 saturated carbocycles. The van der Waals surface area contributed by atoms with Crippen LogP contribution in [0.3, 0.4) is 0 Å². The summed E-state index contributed by atoms with van der Waals surface area (Å²) in [6.45, 7) is 0.198.